The van der Waals surface area contributed by atoms with Gasteiger partial charge in [-0.05, 0) is 43.0 Å². The molecule has 0 heterocycles. The van der Waals surface area contributed by atoms with Gasteiger partial charge in [0.1, 0.15) is 0 Å². The molecular formula is C14H20Cl2N2O. The first kappa shape index (κ1) is 16.3. The maximum absolute atomic E-state index is 12.1. The van der Waals surface area contributed by atoms with E-state index in [1.165, 1.54) is 0 Å². The molecule has 19 heavy (non-hydrogen) atoms. The van der Waals surface area contributed by atoms with Crippen LogP contribution < -0.4 is 11.1 Å². The third kappa shape index (κ3) is 4.37. The zero-order valence-corrected chi connectivity index (χ0v) is 12.3. The van der Waals surface area contributed by atoms with Crippen molar-refractivity contribution in [1.82, 2.24) is 5.32 Å². The predicted molar refractivity (Wildman–Crippen MR) is 80.4 cm³/mol. The van der Waals surface area contributed by atoms with Gasteiger partial charge in [-0.15, -0.1) is 12.4 Å². The number of carbonyl (C=O) groups is 1. The molecule has 0 aromatic heterocycles. The molecule has 5 heteroatoms. The van der Waals surface area contributed by atoms with Gasteiger partial charge in [0.2, 0.25) is 5.91 Å². The van der Waals surface area contributed by atoms with Gasteiger partial charge in [0.25, 0.3) is 0 Å². The summed E-state index contributed by atoms with van der Waals surface area (Å²) in [5, 5.41) is 3.68. The van der Waals surface area contributed by atoms with E-state index < -0.39 is 0 Å². The summed E-state index contributed by atoms with van der Waals surface area (Å²) in [6.07, 6.45) is 3.14. The minimum atomic E-state index is 0. The van der Waals surface area contributed by atoms with Gasteiger partial charge in [0, 0.05) is 17.5 Å². The SMILES string of the molecule is Cl.NC[C@H]1CCC[C@H]1C(=O)NCc1cccc(Cl)c1. The van der Waals surface area contributed by atoms with E-state index in [1.807, 2.05) is 24.3 Å². The molecule has 1 aromatic carbocycles. The standard InChI is InChI=1S/C14H19ClN2O.ClH/c15-12-5-1-3-10(7-12)9-17-14(18)13-6-2-4-11(13)8-16;/h1,3,5,7,11,13H,2,4,6,8-9,16H2,(H,17,18);1H/t11-,13-;/m1./s1. The number of rotatable bonds is 4. The van der Waals surface area contributed by atoms with Crippen LogP contribution in [0.3, 0.4) is 0 Å². The predicted octanol–water partition coefficient (Wildman–Crippen LogP) is 2.75. The van der Waals surface area contributed by atoms with Gasteiger partial charge in [-0.2, -0.15) is 0 Å². The average molecular weight is 303 g/mol. The molecule has 1 fully saturated rings. The Kier molecular flexibility index (Phi) is 6.63. The van der Waals surface area contributed by atoms with Crippen LogP contribution in [0.5, 0.6) is 0 Å². The van der Waals surface area contributed by atoms with E-state index >= 15 is 0 Å². The smallest absolute Gasteiger partial charge is 0.223 e. The topological polar surface area (TPSA) is 55.1 Å². The second-order valence-electron chi connectivity index (χ2n) is 4.88. The van der Waals surface area contributed by atoms with E-state index in [0.717, 1.165) is 24.8 Å². The molecule has 0 spiro atoms. The van der Waals surface area contributed by atoms with E-state index in [0.29, 0.717) is 24.0 Å². The maximum Gasteiger partial charge on any atom is 0.223 e. The molecule has 0 bridgehead atoms. The maximum atomic E-state index is 12.1. The summed E-state index contributed by atoms with van der Waals surface area (Å²) in [5.41, 5.74) is 6.72. The number of hydrogen-bond donors (Lipinski definition) is 2. The molecule has 3 nitrogen and oxygen atoms in total. The summed E-state index contributed by atoms with van der Waals surface area (Å²) in [6, 6.07) is 7.55. The summed E-state index contributed by atoms with van der Waals surface area (Å²) in [7, 11) is 0. The molecule has 3 N–H and O–H groups in total. The van der Waals surface area contributed by atoms with Gasteiger partial charge in [0.05, 0.1) is 0 Å². The van der Waals surface area contributed by atoms with E-state index in [4.69, 9.17) is 17.3 Å². The summed E-state index contributed by atoms with van der Waals surface area (Å²) < 4.78 is 0. The molecule has 0 saturated heterocycles. The molecule has 0 aliphatic heterocycles. The van der Waals surface area contributed by atoms with Crippen LogP contribution >= 0.6 is 24.0 Å². The monoisotopic (exact) mass is 302 g/mol. The number of amides is 1. The van der Waals surface area contributed by atoms with Crippen LogP contribution in [0.2, 0.25) is 5.02 Å². The zero-order chi connectivity index (χ0) is 13.0. The fourth-order valence-corrected chi connectivity index (χ4v) is 2.84. The van der Waals surface area contributed by atoms with Crippen molar-refractivity contribution >= 4 is 29.9 Å². The third-order valence-corrected chi connectivity index (χ3v) is 3.89. The van der Waals surface area contributed by atoms with Gasteiger partial charge in [-0.3, -0.25) is 4.79 Å². The Bertz CT molecular complexity index is 426. The number of hydrogen-bond acceptors (Lipinski definition) is 2. The van der Waals surface area contributed by atoms with Gasteiger partial charge in [-0.25, -0.2) is 0 Å². The van der Waals surface area contributed by atoms with Gasteiger partial charge < -0.3 is 11.1 Å². The van der Waals surface area contributed by atoms with E-state index in [9.17, 15) is 4.79 Å². The summed E-state index contributed by atoms with van der Waals surface area (Å²) in [6.45, 7) is 1.14. The summed E-state index contributed by atoms with van der Waals surface area (Å²) in [4.78, 5) is 12.1. The molecule has 1 aromatic rings. The molecule has 1 saturated carbocycles. The van der Waals surface area contributed by atoms with Crippen LogP contribution in [-0.4, -0.2) is 12.5 Å². The van der Waals surface area contributed by atoms with Crippen molar-refractivity contribution in [1.29, 1.82) is 0 Å². The lowest BCUT2D eigenvalue weighted by Crippen LogP contribution is -2.34. The molecule has 0 unspecified atom stereocenters. The first-order valence-corrected chi connectivity index (χ1v) is 6.80. The van der Waals surface area contributed by atoms with Crippen molar-refractivity contribution < 1.29 is 4.79 Å². The Morgan fingerprint density at radius 1 is 1.42 bits per heavy atom. The lowest BCUT2D eigenvalue weighted by Gasteiger charge is -2.17. The van der Waals surface area contributed by atoms with Crippen molar-refractivity contribution in [3.8, 4) is 0 Å². The average Bonchev–Trinajstić information content (AvgIpc) is 2.84. The molecule has 2 atom stereocenters. The van der Waals surface area contributed by atoms with Gasteiger partial charge in [0.15, 0.2) is 0 Å². The fourth-order valence-electron chi connectivity index (χ4n) is 2.63. The highest BCUT2D eigenvalue weighted by molar-refractivity contribution is 6.30. The number of benzene rings is 1. The van der Waals surface area contributed by atoms with Crippen molar-refractivity contribution in [3.63, 3.8) is 0 Å². The summed E-state index contributed by atoms with van der Waals surface area (Å²) >= 11 is 5.90. The molecule has 1 aliphatic rings. The Balaban J connectivity index is 0.00000180. The lowest BCUT2D eigenvalue weighted by atomic mass is 9.95. The number of halogens is 2. The normalized spacial score (nSPS) is 21.8. The van der Waals surface area contributed by atoms with Crippen LogP contribution in [0.25, 0.3) is 0 Å². The molecule has 1 aliphatic carbocycles. The van der Waals surface area contributed by atoms with Gasteiger partial charge in [-0.1, -0.05) is 30.2 Å². The van der Waals surface area contributed by atoms with Crippen LogP contribution in [0.4, 0.5) is 0 Å². The third-order valence-electron chi connectivity index (χ3n) is 3.65. The molecular weight excluding hydrogens is 283 g/mol. The van der Waals surface area contributed by atoms with Crippen LogP contribution in [0.1, 0.15) is 24.8 Å². The molecule has 1 amide bonds. The second-order valence-corrected chi connectivity index (χ2v) is 5.32. The minimum absolute atomic E-state index is 0. The Hall–Kier alpha value is -0.770. The van der Waals surface area contributed by atoms with Crippen molar-refractivity contribution in [2.75, 3.05) is 6.54 Å². The van der Waals surface area contributed by atoms with Crippen molar-refractivity contribution in [3.05, 3.63) is 34.9 Å². The van der Waals surface area contributed by atoms with Crippen molar-refractivity contribution in [2.45, 2.75) is 25.8 Å². The quantitative estimate of drug-likeness (QED) is 0.898. The highest BCUT2D eigenvalue weighted by atomic mass is 35.5. The fraction of sp³-hybridized carbons (Fsp3) is 0.500. The van der Waals surface area contributed by atoms with Crippen molar-refractivity contribution in [2.24, 2.45) is 17.6 Å². The number of carbonyl (C=O) groups excluding carboxylic acids is 1. The lowest BCUT2D eigenvalue weighted by molar-refractivity contribution is -0.126. The van der Waals surface area contributed by atoms with Crippen LogP contribution in [0, 0.1) is 11.8 Å². The Morgan fingerprint density at radius 2 is 2.21 bits per heavy atom. The van der Waals surface area contributed by atoms with Crippen LogP contribution in [-0.2, 0) is 11.3 Å². The van der Waals surface area contributed by atoms with E-state index in [-0.39, 0.29) is 24.2 Å². The molecule has 2 rings (SSSR count). The van der Waals surface area contributed by atoms with E-state index in [2.05, 4.69) is 5.32 Å². The van der Waals surface area contributed by atoms with Crippen LogP contribution in [0.15, 0.2) is 24.3 Å². The first-order valence-electron chi connectivity index (χ1n) is 6.43. The molecule has 0 radical (unpaired) electrons. The highest BCUT2D eigenvalue weighted by Crippen LogP contribution is 2.30. The first-order chi connectivity index (χ1) is 8.70. The number of nitrogens with one attached hydrogen (secondary N) is 1. The van der Waals surface area contributed by atoms with Gasteiger partial charge >= 0.3 is 0 Å². The second kappa shape index (κ2) is 7.73. The minimum Gasteiger partial charge on any atom is -0.352 e. The molecule has 106 valence electrons. The van der Waals surface area contributed by atoms with E-state index in [1.54, 1.807) is 0 Å². The number of nitrogens with two attached hydrogens (primary N) is 1. The Labute approximate surface area is 125 Å². The zero-order valence-electron chi connectivity index (χ0n) is 10.8. The highest BCUT2D eigenvalue weighted by Gasteiger charge is 2.31. The summed E-state index contributed by atoms with van der Waals surface area (Å²) in [5.74, 6) is 0.571. The Morgan fingerprint density at radius 3 is 2.89 bits per heavy atom. The largest absolute Gasteiger partial charge is 0.352 e.